The summed E-state index contributed by atoms with van der Waals surface area (Å²) in [5.41, 5.74) is 2.76. The molecule has 0 amide bonds. The molecule has 106 valence electrons. The summed E-state index contributed by atoms with van der Waals surface area (Å²) in [7, 11) is 0. The lowest BCUT2D eigenvalue weighted by Crippen LogP contribution is -1.85. The number of aromatic nitrogens is 1. The average molecular weight is 315 g/mol. The van der Waals surface area contributed by atoms with Crippen LogP contribution in [0.3, 0.4) is 0 Å². The summed E-state index contributed by atoms with van der Waals surface area (Å²) in [6.07, 6.45) is 9.44. The minimum Gasteiger partial charge on any atom is -0.265 e. The highest BCUT2D eigenvalue weighted by molar-refractivity contribution is 7.14. The molecule has 2 aromatic heterocycles. The zero-order valence-corrected chi connectivity index (χ0v) is 13.2. The van der Waals surface area contributed by atoms with Gasteiger partial charge in [-0.1, -0.05) is 18.0 Å². The molecule has 3 rings (SSSR count). The fourth-order valence-electron chi connectivity index (χ4n) is 2.66. The van der Waals surface area contributed by atoms with Crippen LogP contribution in [0.2, 0.25) is 0 Å². The normalized spacial score (nSPS) is 15.6. The summed E-state index contributed by atoms with van der Waals surface area (Å²) in [6, 6.07) is 8.05. The topological polar surface area (TPSA) is 36.7 Å². The van der Waals surface area contributed by atoms with Crippen molar-refractivity contribution < 1.29 is 0 Å². The molecule has 21 heavy (non-hydrogen) atoms. The van der Waals surface area contributed by atoms with Gasteiger partial charge in [-0.3, -0.25) is 4.98 Å². The Morgan fingerprint density at radius 1 is 1.19 bits per heavy atom. The van der Waals surface area contributed by atoms with Gasteiger partial charge in [0.05, 0.1) is 10.6 Å². The van der Waals surface area contributed by atoms with Crippen LogP contribution in [0.15, 0.2) is 30.6 Å². The Bertz CT molecular complexity index is 687. The second kappa shape index (κ2) is 6.43. The number of hydrogen-bond acceptors (Lipinski definition) is 3. The van der Waals surface area contributed by atoms with E-state index >= 15 is 0 Å². The van der Waals surface area contributed by atoms with Crippen molar-refractivity contribution in [2.24, 2.45) is 0 Å². The molecule has 0 fully saturated rings. The van der Waals surface area contributed by atoms with Crippen molar-refractivity contribution in [3.05, 3.63) is 51.5 Å². The molecule has 0 atom stereocenters. The molecule has 1 aliphatic carbocycles. The first-order chi connectivity index (χ1) is 10.3. The predicted molar refractivity (Wildman–Crippen MR) is 88.1 cm³/mol. The van der Waals surface area contributed by atoms with Gasteiger partial charge in [0.25, 0.3) is 0 Å². The molecule has 0 saturated carbocycles. The third-order valence-electron chi connectivity index (χ3n) is 3.76. The molecule has 2 heterocycles. The Kier molecular flexibility index (Phi) is 4.38. The Labute approximate surface area is 133 Å². The van der Waals surface area contributed by atoms with Crippen LogP contribution in [0.25, 0.3) is 10.6 Å². The standard InChI is InChI=1S/C17H15ClN2S/c18-17(14(11-19)12-6-8-20-9-7-12)16-10-13-4-2-1-3-5-15(13)21-16/h6-10H,1-5H2/b17-14-. The predicted octanol–water partition coefficient (Wildman–Crippen LogP) is 5.04. The fraction of sp³-hybridized carbons (Fsp3) is 0.294. The lowest BCUT2D eigenvalue weighted by Gasteiger charge is -2.02. The minimum atomic E-state index is 0.524. The van der Waals surface area contributed by atoms with Gasteiger partial charge in [0.1, 0.15) is 6.07 Å². The van der Waals surface area contributed by atoms with Gasteiger partial charge < -0.3 is 0 Å². The van der Waals surface area contributed by atoms with E-state index in [4.69, 9.17) is 11.6 Å². The Morgan fingerprint density at radius 3 is 2.71 bits per heavy atom. The minimum absolute atomic E-state index is 0.524. The molecule has 2 nitrogen and oxygen atoms in total. The number of hydrogen-bond donors (Lipinski definition) is 0. The molecule has 0 bridgehead atoms. The second-order valence-corrected chi connectivity index (χ2v) is 6.67. The van der Waals surface area contributed by atoms with Crippen molar-refractivity contribution in [1.29, 1.82) is 5.26 Å². The maximum Gasteiger partial charge on any atom is 0.101 e. The van der Waals surface area contributed by atoms with Crippen LogP contribution in [0.4, 0.5) is 0 Å². The van der Waals surface area contributed by atoms with E-state index < -0.39 is 0 Å². The zero-order valence-electron chi connectivity index (χ0n) is 11.6. The van der Waals surface area contributed by atoms with Crippen LogP contribution >= 0.6 is 22.9 Å². The van der Waals surface area contributed by atoms with E-state index in [9.17, 15) is 5.26 Å². The van der Waals surface area contributed by atoms with Crippen molar-refractivity contribution >= 4 is 33.5 Å². The van der Waals surface area contributed by atoms with Crippen molar-refractivity contribution in [2.75, 3.05) is 0 Å². The molecule has 0 aromatic carbocycles. The second-order valence-electron chi connectivity index (χ2n) is 5.16. The SMILES string of the molecule is N#C/C(=C(/Cl)c1cc2c(s1)CCCCC2)c1ccncc1. The molecule has 0 aliphatic heterocycles. The van der Waals surface area contributed by atoms with Crippen molar-refractivity contribution in [1.82, 2.24) is 4.98 Å². The van der Waals surface area contributed by atoms with E-state index in [0.717, 1.165) is 23.3 Å². The van der Waals surface area contributed by atoms with E-state index in [0.29, 0.717) is 10.6 Å². The maximum atomic E-state index is 9.45. The smallest absolute Gasteiger partial charge is 0.101 e. The summed E-state index contributed by atoms with van der Waals surface area (Å²) in [4.78, 5) is 6.43. The average Bonchev–Trinajstić information content (AvgIpc) is 2.80. The molecule has 0 unspecified atom stereocenters. The summed E-state index contributed by atoms with van der Waals surface area (Å²) in [6.45, 7) is 0. The van der Waals surface area contributed by atoms with Gasteiger partial charge in [-0.25, -0.2) is 0 Å². The van der Waals surface area contributed by atoms with Gasteiger partial charge in [0.15, 0.2) is 0 Å². The summed E-state index contributed by atoms with van der Waals surface area (Å²) in [5, 5.41) is 10.0. The number of fused-ring (bicyclic) bond motifs is 1. The van der Waals surface area contributed by atoms with Gasteiger partial charge >= 0.3 is 0 Å². The number of pyridine rings is 1. The number of thiophene rings is 1. The van der Waals surface area contributed by atoms with Crippen LogP contribution in [-0.4, -0.2) is 4.98 Å². The Balaban J connectivity index is 2.02. The first-order valence-electron chi connectivity index (χ1n) is 7.12. The van der Waals surface area contributed by atoms with Crippen molar-refractivity contribution in [3.63, 3.8) is 0 Å². The van der Waals surface area contributed by atoms with Crippen LogP contribution in [0.1, 0.15) is 40.1 Å². The van der Waals surface area contributed by atoms with Crippen LogP contribution in [0, 0.1) is 11.3 Å². The molecule has 2 aromatic rings. The van der Waals surface area contributed by atoms with E-state index in [-0.39, 0.29) is 0 Å². The number of rotatable bonds is 2. The molecule has 0 radical (unpaired) electrons. The van der Waals surface area contributed by atoms with Gasteiger partial charge in [0.2, 0.25) is 0 Å². The van der Waals surface area contributed by atoms with Crippen LogP contribution in [0.5, 0.6) is 0 Å². The molecule has 0 saturated heterocycles. The zero-order chi connectivity index (χ0) is 14.7. The lowest BCUT2D eigenvalue weighted by atomic mass is 10.1. The number of allylic oxidation sites excluding steroid dienone is 1. The first-order valence-corrected chi connectivity index (χ1v) is 8.31. The number of aryl methyl sites for hydroxylation is 2. The summed E-state index contributed by atoms with van der Waals surface area (Å²) < 4.78 is 0. The van der Waals surface area contributed by atoms with Gasteiger partial charge in [0, 0.05) is 22.1 Å². The molecular weight excluding hydrogens is 300 g/mol. The number of nitriles is 1. The Hall–Kier alpha value is -1.63. The van der Waals surface area contributed by atoms with E-state index in [1.165, 1.54) is 29.7 Å². The molecule has 4 heteroatoms. The fourth-order valence-corrected chi connectivity index (χ4v) is 4.18. The monoisotopic (exact) mass is 314 g/mol. The van der Waals surface area contributed by atoms with Crippen molar-refractivity contribution in [3.8, 4) is 6.07 Å². The number of halogens is 1. The third kappa shape index (κ3) is 3.02. The summed E-state index contributed by atoms with van der Waals surface area (Å²) in [5.74, 6) is 0. The number of nitrogens with zero attached hydrogens (tertiary/aromatic N) is 2. The molecule has 1 aliphatic rings. The first kappa shape index (κ1) is 14.3. The van der Waals surface area contributed by atoms with Crippen molar-refractivity contribution in [2.45, 2.75) is 32.1 Å². The van der Waals surface area contributed by atoms with E-state index in [1.54, 1.807) is 23.7 Å². The molecular formula is C17H15ClN2S. The van der Waals surface area contributed by atoms with E-state index in [2.05, 4.69) is 17.1 Å². The summed E-state index contributed by atoms with van der Waals surface area (Å²) >= 11 is 8.25. The van der Waals surface area contributed by atoms with Gasteiger partial charge in [-0.15, -0.1) is 11.3 Å². The van der Waals surface area contributed by atoms with Crippen LogP contribution in [-0.2, 0) is 12.8 Å². The largest absolute Gasteiger partial charge is 0.265 e. The Morgan fingerprint density at radius 2 is 1.95 bits per heavy atom. The third-order valence-corrected chi connectivity index (χ3v) is 5.52. The quantitative estimate of drug-likeness (QED) is 0.575. The highest BCUT2D eigenvalue weighted by atomic mass is 35.5. The molecule has 0 spiro atoms. The highest BCUT2D eigenvalue weighted by Crippen LogP contribution is 2.37. The van der Waals surface area contributed by atoms with E-state index in [1.807, 2.05) is 12.1 Å². The molecule has 0 N–H and O–H groups in total. The maximum absolute atomic E-state index is 9.45. The lowest BCUT2D eigenvalue weighted by molar-refractivity contribution is 0.712. The van der Waals surface area contributed by atoms with Crippen LogP contribution < -0.4 is 0 Å². The highest BCUT2D eigenvalue weighted by Gasteiger charge is 2.16. The van der Waals surface area contributed by atoms with Gasteiger partial charge in [-0.2, -0.15) is 5.26 Å². The van der Waals surface area contributed by atoms with Gasteiger partial charge in [-0.05, 0) is 55.0 Å².